The van der Waals surface area contributed by atoms with E-state index in [1.807, 2.05) is 6.07 Å². The third kappa shape index (κ3) is 5.06. The largest absolute Gasteiger partial charge is 0.471 e. The molecule has 5 nitrogen and oxygen atoms in total. The number of benzene rings is 1. The lowest BCUT2D eigenvalue weighted by molar-refractivity contribution is -0.174. The zero-order valence-electron chi connectivity index (χ0n) is 16.8. The highest BCUT2D eigenvalue weighted by Crippen LogP contribution is 2.31. The second kappa shape index (κ2) is 9.09. The number of rotatable bonds is 5. The molecule has 2 fully saturated rings. The summed E-state index contributed by atoms with van der Waals surface area (Å²) in [4.78, 5) is 15.9. The molecule has 1 N–H and O–H groups in total. The van der Waals surface area contributed by atoms with Crippen molar-refractivity contribution in [3.63, 3.8) is 0 Å². The van der Waals surface area contributed by atoms with Gasteiger partial charge in [0.25, 0.3) is 0 Å². The predicted octanol–water partition coefficient (Wildman–Crippen LogP) is 4.05. The molecular weight excluding hydrogens is 413 g/mol. The Kier molecular flexibility index (Phi) is 6.48. The second-order valence-electron chi connectivity index (χ2n) is 8.31. The summed E-state index contributed by atoms with van der Waals surface area (Å²) < 4.78 is 43.0. The van der Waals surface area contributed by atoms with Gasteiger partial charge in [-0.1, -0.05) is 12.1 Å². The fourth-order valence-corrected chi connectivity index (χ4v) is 5.31. The smallest absolute Gasteiger partial charge is 0.353 e. The molecule has 1 aromatic heterocycles. The highest BCUT2D eigenvalue weighted by Gasteiger charge is 2.40. The van der Waals surface area contributed by atoms with E-state index in [4.69, 9.17) is 0 Å². The fourth-order valence-electron chi connectivity index (χ4n) is 4.51. The molecule has 1 saturated heterocycles. The van der Waals surface area contributed by atoms with Crippen molar-refractivity contribution in [2.45, 2.75) is 44.3 Å². The second-order valence-corrected chi connectivity index (χ2v) is 9.11. The molecule has 4 rings (SSSR count). The van der Waals surface area contributed by atoms with E-state index in [2.05, 4.69) is 37.7 Å². The molecule has 164 valence electrons. The Bertz CT molecular complexity index is 855. The lowest BCUT2D eigenvalue weighted by Gasteiger charge is -2.36. The van der Waals surface area contributed by atoms with Crippen LogP contribution in [-0.4, -0.2) is 60.1 Å². The van der Waals surface area contributed by atoms with Gasteiger partial charge < -0.3 is 10.2 Å². The number of alkyl halides is 3. The quantitative estimate of drug-likeness (QED) is 0.762. The predicted molar refractivity (Wildman–Crippen MR) is 113 cm³/mol. The minimum absolute atomic E-state index is 0.341. The average Bonchev–Trinajstić information content (AvgIpc) is 3.17. The maximum atomic E-state index is 12.4. The van der Waals surface area contributed by atoms with Crippen molar-refractivity contribution in [3.05, 3.63) is 24.3 Å². The van der Waals surface area contributed by atoms with Crippen molar-refractivity contribution in [3.8, 4) is 0 Å². The van der Waals surface area contributed by atoms with Crippen molar-refractivity contribution in [2.75, 3.05) is 37.6 Å². The number of aromatic nitrogens is 1. The van der Waals surface area contributed by atoms with Gasteiger partial charge in [0.05, 0.1) is 4.70 Å². The van der Waals surface area contributed by atoms with E-state index in [-0.39, 0.29) is 6.04 Å². The Hall–Kier alpha value is -1.87. The van der Waals surface area contributed by atoms with Gasteiger partial charge in [0.15, 0.2) is 0 Å². The van der Waals surface area contributed by atoms with Crippen LogP contribution in [0.3, 0.4) is 0 Å². The molecule has 1 amide bonds. The van der Waals surface area contributed by atoms with Crippen LogP contribution in [0.1, 0.15) is 32.1 Å². The third-order valence-electron chi connectivity index (χ3n) is 6.32. The van der Waals surface area contributed by atoms with Gasteiger partial charge in [0, 0.05) is 37.6 Å². The van der Waals surface area contributed by atoms with Gasteiger partial charge in [-0.2, -0.15) is 17.5 Å². The summed E-state index contributed by atoms with van der Waals surface area (Å²) in [6.45, 7) is 4.95. The number of anilines is 1. The molecule has 0 bridgehead atoms. The van der Waals surface area contributed by atoms with E-state index in [1.54, 1.807) is 11.5 Å². The summed E-state index contributed by atoms with van der Waals surface area (Å²) in [7, 11) is 0. The van der Waals surface area contributed by atoms with E-state index in [9.17, 15) is 18.0 Å². The Balaban J connectivity index is 1.17. The Labute approximate surface area is 178 Å². The number of piperazine rings is 1. The van der Waals surface area contributed by atoms with Gasteiger partial charge >= 0.3 is 12.1 Å². The highest BCUT2D eigenvalue weighted by atomic mass is 32.1. The summed E-state index contributed by atoms with van der Waals surface area (Å²) >= 11 is 1.55. The van der Waals surface area contributed by atoms with Crippen LogP contribution >= 0.6 is 11.5 Å². The molecule has 1 aromatic carbocycles. The number of nitrogens with zero attached hydrogens (tertiary/aromatic N) is 3. The fraction of sp³-hybridized carbons (Fsp3) is 0.619. The number of hydrogen-bond acceptors (Lipinski definition) is 5. The van der Waals surface area contributed by atoms with E-state index >= 15 is 0 Å². The van der Waals surface area contributed by atoms with Crippen molar-refractivity contribution >= 4 is 33.3 Å². The number of fused-ring (bicyclic) bond motifs is 1. The minimum Gasteiger partial charge on any atom is -0.353 e. The standard InChI is InChI=1S/C21H27F3N4OS/c22-21(23,24)20(29)25-16-7-5-15(6-8-16)9-10-27-11-13-28(14-12-27)19-17-3-1-2-4-18(17)30-26-19/h1-4,15-16H,5-14H2,(H,25,29). The van der Waals surface area contributed by atoms with Gasteiger partial charge in [-0.15, -0.1) is 0 Å². The van der Waals surface area contributed by atoms with E-state index in [0.29, 0.717) is 18.8 Å². The zero-order valence-corrected chi connectivity index (χ0v) is 17.6. The molecule has 2 heterocycles. The SMILES string of the molecule is O=C(NC1CCC(CCN2CCN(c3nsc4ccccc34)CC2)CC1)C(F)(F)F. The van der Waals surface area contributed by atoms with Gasteiger partial charge in [-0.3, -0.25) is 9.69 Å². The average molecular weight is 441 g/mol. The lowest BCUT2D eigenvalue weighted by Crippen LogP contribution is -2.47. The summed E-state index contributed by atoms with van der Waals surface area (Å²) in [6, 6.07) is 8.00. The first kappa shape index (κ1) is 21.4. The number of carbonyl (C=O) groups excluding carboxylic acids is 1. The number of hydrogen-bond donors (Lipinski definition) is 1. The monoisotopic (exact) mass is 440 g/mol. The molecule has 1 aliphatic carbocycles. The number of amides is 1. The number of halogens is 3. The van der Waals surface area contributed by atoms with Crippen LogP contribution in [0.4, 0.5) is 19.0 Å². The highest BCUT2D eigenvalue weighted by molar-refractivity contribution is 7.13. The minimum atomic E-state index is -4.79. The molecule has 0 spiro atoms. The van der Waals surface area contributed by atoms with Crippen LogP contribution in [0, 0.1) is 5.92 Å². The molecule has 2 aliphatic rings. The Morgan fingerprint density at radius 3 is 2.50 bits per heavy atom. The van der Waals surface area contributed by atoms with Crippen molar-refractivity contribution in [2.24, 2.45) is 5.92 Å². The first-order valence-electron chi connectivity index (χ1n) is 10.6. The molecule has 1 aliphatic heterocycles. The normalized spacial score (nSPS) is 23.6. The number of nitrogens with one attached hydrogen (secondary N) is 1. The van der Waals surface area contributed by atoms with Crippen LogP contribution in [0.5, 0.6) is 0 Å². The lowest BCUT2D eigenvalue weighted by atomic mass is 9.84. The molecule has 1 saturated carbocycles. The first-order chi connectivity index (χ1) is 14.4. The molecular formula is C21H27F3N4OS. The van der Waals surface area contributed by atoms with Crippen LogP contribution in [-0.2, 0) is 4.79 Å². The van der Waals surface area contributed by atoms with Gasteiger partial charge in [-0.25, -0.2) is 0 Å². The molecule has 0 radical (unpaired) electrons. The Morgan fingerprint density at radius 1 is 1.10 bits per heavy atom. The summed E-state index contributed by atoms with van der Waals surface area (Å²) in [5.41, 5.74) is 0. The van der Waals surface area contributed by atoms with Crippen LogP contribution in [0.15, 0.2) is 24.3 Å². The van der Waals surface area contributed by atoms with E-state index < -0.39 is 12.1 Å². The van der Waals surface area contributed by atoms with Gasteiger partial charge in [-0.05, 0) is 68.2 Å². The van der Waals surface area contributed by atoms with Crippen molar-refractivity contribution in [1.82, 2.24) is 14.6 Å². The molecule has 2 aromatic rings. The van der Waals surface area contributed by atoms with E-state index in [0.717, 1.165) is 57.8 Å². The van der Waals surface area contributed by atoms with Crippen molar-refractivity contribution < 1.29 is 18.0 Å². The summed E-state index contributed by atoms with van der Waals surface area (Å²) in [5.74, 6) is -0.184. The zero-order chi connectivity index (χ0) is 21.1. The summed E-state index contributed by atoms with van der Waals surface area (Å²) in [6.07, 6.45) is -0.682. The third-order valence-corrected chi connectivity index (χ3v) is 7.14. The van der Waals surface area contributed by atoms with Crippen LogP contribution in [0.25, 0.3) is 10.1 Å². The van der Waals surface area contributed by atoms with Gasteiger partial charge in [0.2, 0.25) is 0 Å². The maximum Gasteiger partial charge on any atom is 0.471 e. The van der Waals surface area contributed by atoms with Gasteiger partial charge in [0.1, 0.15) is 5.82 Å². The summed E-state index contributed by atoms with van der Waals surface area (Å²) in [5, 5.41) is 3.36. The molecule has 9 heteroatoms. The first-order valence-corrected chi connectivity index (χ1v) is 11.4. The topological polar surface area (TPSA) is 48.5 Å². The molecule has 0 atom stereocenters. The Morgan fingerprint density at radius 2 is 1.80 bits per heavy atom. The van der Waals surface area contributed by atoms with Crippen LogP contribution in [0.2, 0.25) is 0 Å². The van der Waals surface area contributed by atoms with Crippen molar-refractivity contribution in [1.29, 1.82) is 0 Å². The van der Waals surface area contributed by atoms with E-state index in [1.165, 1.54) is 10.1 Å². The molecule has 30 heavy (non-hydrogen) atoms. The van der Waals surface area contributed by atoms with Crippen LogP contribution < -0.4 is 10.2 Å². The number of carbonyl (C=O) groups is 1. The maximum absolute atomic E-state index is 12.4. The molecule has 0 unspecified atom stereocenters.